The van der Waals surface area contributed by atoms with Gasteiger partial charge in [-0.15, -0.1) is 12.4 Å². The zero-order valence-electron chi connectivity index (χ0n) is 62.0. The minimum absolute atomic E-state index is 0. The van der Waals surface area contributed by atoms with Crippen LogP contribution in [0, 0.1) is 54.9 Å². The van der Waals surface area contributed by atoms with Gasteiger partial charge in [0.25, 0.3) is 0 Å². The van der Waals surface area contributed by atoms with E-state index in [4.69, 9.17) is 65.5 Å². The minimum atomic E-state index is -1.76. The molecule has 0 aromatic carbocycles. The molecule has 10 N–H and O–H groups in total. The highest BCUT2D eigenvalue weighted by atomic mass is 79.9. The summed E-state index contributed by atoms with van der Waals surface area (Å²) in [5, 5.41) is 22.1. The molecule has 15 rings (SSSR count). The van der Waals surface area contributed by atoms with Crippen molar-refractivity contribution in [3.63, 3.8) is 0 Å². The fourth-order valence-electron chi connectivity index (χ4n) is 16.0. The molecule has 3 saturated heterocycles. The van der Waals surface area contributed by atoms with E-state index in [-0.39, 0.29) is 59.3 Å². The van der Waals surface area contributed by atoms with Crippen LogP contribution in [0.5, 0.6) is 0 Å². The van der Waals surface area contributed by atoms with Crippen LogP contribution in [0.3, 0.4) is 0 Å². The van der Waals surface area contributed by atoms with Crippen molar-refractivity contribution in [1.82, 2.24) is 67.5 Å². The molecule has 0 unspecified atom stereocenters. The molecule has 0 amide bonds. The van der Waals surface area contributed by atoms with Crippen LogP contribution < -0.4 is 47.0 Å². The number of halogens is 8. The second-order valence-corrected chi connectivity index (χ2v) is 36.3. The van der Waals surface area contributed by atoms with E-state index in [1.807, 2.05) is 95.9 Å². The molecule has 37 heteroatoms. The highest BCUT2D eigenvalue weighted by Gasteiger charge is 2.49. The van der Waals surface area contributed by atoms with E-state index in [0.717, 1.165) is 166 Å². The number of nitrogens with zero attached hydrogens (tertiary/aromatic N) is 17. The topological polar surface area (TPSA) is 340 Å². The van der Waals surface area contributed by atoms with Crippen molar-refractivity contribution in [2.45, 2.75) is 186 Å². The highest BCUT2D eigenvalue weighted by Crippen LogP contribution is 2.50. The summed E-state index contributed by atoms with van der Waals surface area (Å²) in [6.45, 7) is 23.5. The van der Waals surface area contributed by atoms with Crippen molar-refractivity contribution in [1.29, 1.82) is 0 Å². The average Bonchev–Trinajstić information content (AvgIpc) is 1.43. The molecule has 9 aromatic rings. The van der Waals surface area contributed by atoms with Gasteiger partial charge in [0.1, 0.15) is 21.3 Å². The maximum absolute atomic E-state index is 14.1. The Bertz CT molecular complexity index is 4720. The van der Waals surface area contributed by atoms with Gasteiger partial charge < -0.3 is 42.2 Å². The first kappa shape index (κ1) is 84.0. The first-order valence-electron chi connectivity index (χ1n) is 36.0. The molecule has 3 aliphatic heterocycles. The first-order valence-corrected chi connectivity index (χ1v) is 40.2. The number of hydrogen-bond donors (Lipinski definition) is 7. The number of aryl methyl sites for hydroxylation is 3. The third-order valence-electron chi connectivity index (χ3n) is 22.0. The van der Waals surface area contributed by atoms with Crippen LogP contribution in [0.1, 0.15) is 155 Å². The lowest BCUT2D eigenvalue weighted by Gasteiger charge is -2.44. The van der Waals surface area contributed by atoms with Crippen molar-refractivity contribution < 1.29 is 31.6 Å². The van der Waals surface area contributed by atoms with E-state index >= 15 is 0 Å². The molecule has 5 atom stereocenters. The molecule has 0 bridgehead atoms. The fraction of sp³-hybridized carbons (Fsp3) is 0.535. The number of nitrogens with one attached hydrogen (secondary N) is 2. The predicted molar refractivity (Wildman–Crippen MR) is 428 cm³/mol. The number of rotatable bonds is 10. The molecule has 108 heavy (non-hydrogen) atoms. The van der Waals surface area contributed by atoms with Crippen molar-refractivity contribution in [3.8, 4) is 22.3 Å². The Kier molecular flexibility index (Phi) is 27.2. The van der Waals surface area contributed by atoms with Crippen LogP contribution in [-0.2, 0) is 22.0 Å². The summed E-state index contributed by atoms with van der Waals surface area (Å²) in [5.74, 6) is 9.10. The van der Waals surface area contributed by atoms with E-state index < -0.39 is 46.9 Å². The minimum Gasteiger partial charge on any atom is -0.423 e. The van der Waals surface area contributed by atoms with E-state index in [0.29, 0.717) is 39.8 Å². The number of imidazole rings is 3. The van der Waals surface area contributed by atoms with Gasteiger partial charge in [0, 0.05) is 141 Å². The molecule has 9 aromatic heterocycles. The summed E-state index contributed by atoms with van der Waals surface area (Å²) in [4.78, 5) is 45.8. The number of fused-ring (bicyclic) bond motifs is 3. The van der Waals surface area contributed by atoms with Crippen molar-refractivity contribution in [2.24, 2.45) is 44.1 Å². The summed E-state index contributed by atoms with van der Waals surface area (Å²) in [6.07, 6.45) is 32.1. The molecule has 12 heterocycles. The molecular formula is C71H95BBrCl4F3N22O4S2. The molecule has 584 valence electrons. The zero-order valence-corrected chi connectivity index (χ0v) is 68.3. The Labute approximate surface area is 662 Å². The van der Waals surface area contributed by atoms with Crippen LogP contribution in [0.15, 0.2) is 88.9 Å². The summed E-state index contributed by atoms with van der Waals surface area (Å²) < 4.78 is 79.5. The third kappa shape index (κ3) is 17.7. The molecule has 3 saturated carbocycles. The van der Waals surface area contributed by atoms with E-state index in [1.54, 1.807) is 24.5 Å². The van der Waals surface area contributed by atoms with Gasteiger partial charge in [0.2, 0.25) is 35.7 Å². The quantitative estimate of drug-likeness (QED) is 0.0220. The molecule has 26 nitrogen and oxygen atoms in total. The molecule has 0 radical (unpaired) electrons. The Hall–Kier alpha value is -6.50. The van der Waals surface area contributed by atoms with E-state index in [1.165, 1.54) is 50.6 Å². The lowest BCUT2D eigenvalue weighted by molar-refractivity contribution is 0.187. The van der Waals surface area contributed by atoms with Gasteiger partial charge in [-0.2, -0.15) is 13.2 Å². The van der Waals surface area contributed by atoms with Crippen molar-refractivity contribution in [2.75, 3.05) is 54.0 Å². The van der Waals surface area contributed by atoms with E-state index in [9.17, 15) is 21.6 Å². The number of anilines is 3. The molecule has 6 fully saturated rings. The number of hydrogen-bond acceptors (Lipinski definition) is 19. The zero-order chi connectivity index (χ0) is 77.1. The smallest absolute Gasteiger partial charge is 0.423 e. The first-order chi connectivity index (χ1) is 50.9. The number of pyridine rings is 3. The van der Waals surface area contributed by atoms with Crippen molar-refractivity contribution in [3.05, 3.63) is 128 Å². The Morgan fingerprint density at radius 3 is 1.23 bits per heavy atom. The van der Waals surface area contributed by atoms with E-state index in [2.05, 4.69) is 96.5 Å². The van der Waals surface area contributed by atoms with Crippen LogP contribution >= 0.6 is 63.1 Å². The number of aromatic nitrogens is 12. The normalized spacial score (nSPS) is 20.1. The van der Waals surface area contributed by atoms with Crippen LogP contribution in [0.25, 0.3) is 39.2 Å². The Morgan fingerprint density at radius 1 is 0.528 bits per heavy atom. The van der Waals surface area contributed by atoms with Gasteiger partial charge in [0.05, 0.1) is 58.0 Å². The maximum Gasteiger partial charge on any atom is 0.490 e. The van der Waals surface area contributed by atoms with Crippen LogP contribution in [0.2, 0.25) is 15.1 Å². The van der Waals surface area contributed by atoms with Crippen LogP contribution in [-0.4, -0.2) is 151 Å². The second-order valence-electron chi connectivity index (χ2n) is 30.4. The molecule has 3 spiro atoms. The summed E-state index contributed by atoms with van der Waals surface area (Å²) in [5.41, 5.74) is 14.4. The van der Waals surface area contributed by atoms with Gasteiger partial charge in [0.15, 0.2) is 5.65 Å². The molecular weight excluding hydrogens is 1580 g/mol. The maximum atomic E-state index is 14.1. The lowest BCUT2D eigenvalue weighted by Crippen LogP contribution is -2.51. The monoisotopic (exact) mass is 1670 g/mol. The standard InChI is InChI=1S/C25H32ClFN6OS.C21H24ClFN6.C20H30BrN5OS.C5H4BClFNO2.ClH.H4N4/c1-16-19(17-7-11-28-21(27)20(17)26)22-29-12-15-33(22)23(30-16)32-13-9-25(10-14-32)8-5-6-18(25)31-35(34)24(2,3)4;1-13-16(14-4-8-25-18(23)17(14)22)19-26-9-12-29(19)20(27-13)28-10-6-21(7-11-28)5-2-3-15(21)24;1-14-16(21)17-22-10-13-26(17)18(23-14)25-11-8-20(9-12-25)7-5-6-15(20)24-28(27)19(2,3)4;7-4-3(6(10)11)1-2-9-5(4)8;;1-3-4-2/h7,11-12,15,18,31H,5-6,8-10,13-14H2,1-4H3;4,8-9,12,15H,2-3,5-7,10-11,24H2,1H3;10,13,15,24H,5-9,11-12H2,1-4H3;1-2,10-11H;1H;(H2,1,4)(H2,2,3)/t18-,35-;15-;15-,28-;;;/m111.../s1. The van der Waals surface area contributed by atoms with Crippen LogP contribution in [0.4, 0.5) is 31.0 Å². The lowest BCUT2D eigenvalue weighted by atomic mass is 9.74. The highest BCUT2D eigenvalue weighted by molar-refractivity contribution is 9.10. The number of piperidine rings is 3. The van der Waals surface area contributed by atoms with Gasteiger partial charge in [-0.05, 0) is 190 Å². The largest absolute Gasteiger partial charge is 0.490 e. The van der Waals surface area contributed by atoms with Gasteiger partial charge in [-0.25, -0.2) is 62.7 Å². The molecule has 3 aliphatic carbocycles. The fourth-order valence-corrected chi connectivity index (χ4v) is 19.0. The molecule has 6 aliphatic rings. The SMILES string of the molecule is Cc1nc(N2CCC3(CCC[C@H]3N)CC2)n2ccnc2c1-c1ccnc(F)c1Cl.Cc1nc(N2CCC3(CCC[C@H]3N[S@](=O)C(C)(C)C)CC2)n2ccnc2c1-c1ccnc(F)c1Cl.Cc1nc(N2CCC3(CCC[C@H]3N[S@](=O)C(C)(C)C)CC2)n2ccnc2c1Br.Cl.N/N=N/N.OB(O)c1ccnc(F)c1Cl. The summed E-state index contributed by atoms with van der Waals surface area (Å²) in [7, 11) is -3.85. The van der Waals surface area contributed by atoms with Gasteiger partial charge >= 0.3 is 7.12 Å². The predicted octanol–water partition coefficient (Wildman–Crippen LogP) is 12.2. The second kappa shape index (κ2) is 35.0. The average molecular weight is 1670 g/mol. The van der Waals surface area contributed by atoms with Gasteiger partial charge in [-0.1, -0.05) is 64.5 Å². The third-order valence-corrected chi connectivity index (χ3v) is 27.3. The summed E-state index contributed by atoms with van der Waals surface area (Å²) >= 11 is 21.4. The van der Waals surface area contributed by atoms with Crippen molar-refractivity contribution >= 4 is 132 Å². The van der Waals surface area contributed by atoms with Gasteiger partial charge in [-0.3, -0.25) is 13.2 Å². The number of nitrogens with two attached hydrogens (primary N) is 3. The summed E-state index contributed by atoms with van der Waals surface area (Å²) in [6, 6.07) is 5.58. The Balaban J connectivity index is 0.000000158. The Morgan fingerprint density at radius 2 is 0.870 bits per heavy atom.